The molecule has 2 rings (SSSR count). The average Bonchev–Trinajstić information content (AvgIpc) is 2.83. The van der Waals surface area contributed by atoms with E-state index in [1.165, 1.54) is 12.2 Å². The first-order chi connectivity index (χ1) is 9.08. The van der Waals surface area contributed by atoms with Gasteiger partial charge in [0.2, 0.25) is 0 Å². The second kappa shape index (κ2) is 6.79. The van der Waals surface area contributed by atoms with E-state index in [9.17, 15) is 5.11 Å². The third-order valence-corrected chi connectivity index (χ3v) is 5.90. The van der Waals surface area contributed by atoms with Gasteiger partial charge in [-0.15, -0.1) is 0 Å². The molecule has 2 heterocycles. The topological polar surface area (TPSA) is 41.5 Å². The van der Waals surface area contributed by atoms with Crippen molar-refractivity contribution in [2.75, 3.05) is 31.2 Å². The third-order valence-electron chi connectivity index (χ3n) is 4.67. The molecule has 0 aromatic rings. The minimum absolute atomic E-state index is 0.0778. The van der Waals surface area contributed by atoms with E-state index in [1.54, 1.807) is 0 Å². The summed E-state index contributed by atoms with van der Waals surface area (Å²) in [6.45, 7) is 6.98. The van der Waals surface area contributed by atoms with Gasteiger partial charge in [-0.2, -0.15) is 11.8 Å². The number of aliphatic hydroxyl groups is 1. The Balaban J connectivity index is 1.84. The molecule has 2 fully saturated rings. The Morgan fingerprint density at radius 3 is 3.00 bits per heavy atom. The standard InChI is InChI=1S/C15H29NO2S/c1-3-7-16-8-5-14(2,17)13-4-9-18-15(11-13)6-10-19-12-15/h13,16-17H,3-12H2,1-2H3. The van der Waals surface area contributed by atoms with Crippen LogP contribution in [0.5, 0.6) is 0 Å². The Hall–Kier alpha value is 0.230. The number of thioether (sulfide) groups is 1. The molecule has 2 N–H and O–H groups in total. The van der Waals surface area contributed by atoms with Crippen molar-refractivity contribution in [2.45, 2.75) is 57.2 Å². The molecule has 2 saturated heterocycles. The molecular formula is C15H29NO2S. The lowest BCUT2D eigenvalue weighted by Crippen LogP contribution is -2.48. The maximum atomic E-state index is 10.8. The van der Waals surface area contributed by atoms with Crippen LogP contribution >= 0.6 is 11.8 Å². The van der Waals surface area contributed by atoms with Gasteiger partial charge in [0.05, 0.1) is 11.2 Å². The maximum Gasteiger partial charge on any atom is 0.0784 e. The monoisotopic (exact) mass is 287 g/mol. The van der Waals surface area contributed by atoms with Gasteiger partial charge in [0.15, 0.2) is 0 Å². The van der Waals surface area contributed by atoms with Crippen LogP contribution in [0.3, 0.4) is 0 Å². The van der Waals surface area contributed by atoms with Crippen LogP contribution in [0.2, 0.25) is 0 Å². The first kappa shape index (κ1) is 15.6. The largest absolute Gasteiger partial charge is 0.390 e. The maximum absolute atomic E-state index is 10.8. The third kappa shape index (κ3) is 4.10. The zero-order valence-corrected chi connectivity index (χ0v) is 13.2. The van der Waals surface area contributed by atoms with Crippen LogP contribution in [0.1, 0.15) is 46.0 Å². The van der Waals surface area contributed by atoms with Crippen LogP contribution in [0.15, 0.2) is 0 Å². The predicted octanol–water partition coefficient (Wildman–Crippen LogP) is 2.43. The van der Waals surface area contributed by atoms with Crippen molar-refractivity contribution in [3.8, 4) is 0 Å². The van der Waals surface area contributed by atoms with Crippen LogP contribution in [-0.4, -0.2) is 47.5 Å². The predicted molar refractivity (Wildman–Crippen MR) is 81.8 cm³/mol. The van der Waals surface area contributed by atoms with Gasteiger partial charge in [0.1, 0.15) is 0 Å². The fourth-order valence-electron chi connectivity index (χ4n) is 3.27. The second-order valence-electron chi connectivity index (χ2n) is 6.38. The summed E-state index contributed by atoms with van der Waals surface area (Å²) in [4.78, 5) is 0. The Morgan fingerprint density at radius 1 is 1.47 bits per heavy atom. The lowest BCUT2D eigenvalue weighted by Gasteiger charge is -2.43. The van der Waals surface area contributed by atoms with Gasteiger partial charge in [-0.3, -0.25) is 0 Å². The summed E-state index contributed by atoms with van der Waals surface area (Å²) in [6.07, 6.45) is 5.22. The number of hydrogen-bond donors (Lipinski definition) is 2. The Bertz CT molecular complexity index is 277. The van der Waals surface area contributed by atoms with Crippen LogP contribution in [0, 0.1) is 5.92 Å². The first-order valence-electron chi connectivity index (χ1n) is 7.73. The van der Waals surface area contributed by atoms with Crippen molar-refractivity contribution >= 4 is 11.8 Å². The molecule has 0 amide bonds. The molecule has 2 aliphatic rings. The van der Waals surface area contributed by atoms with E-state index in [0.29, 0.717) is 5.92 Å². The van der Waals surface area contributed by atoms with E-state index in [1.807, 2.05) is 18.7 Å². The summed E-state index contributed by atoms with van der Waals surface area (Å²) in [5.74, 6) is 2.73. The minimum Gasteiger partial charge on any atom is -0.390 e. The van der Waals surface area contributed by atoms with E-state index in [4.69, 9.17) is 4.74 Å². The van der Waals surface area contributed by atoms with Gasteiger partial charge in [-0.1, -0.05) is 6.92 Å². The summed E-state index contributed by atoms with van der Waals surface area (Å²) >= 11 is 2.00. The summed E-state index contributed by atoms with van der Waals surface area (Å²) in [6, 6.07) is 0. The van der Waals surface area contributed by atoms with Gasteiger partial charge >= 0.3 is 0 Å². The van der Waals surface area contributed by atoms with Gasteiger partial charge in [0.25, 0.3) is 0 Å². The number of ether oxygens (including phenoxy) is 1. The van der Waals surface area contributed by atoms with Crippen LogP contribution in [-0.2, 0) is 4.74 Å². The molecule has 3 atom stereocenters. The number of hydrogen-bond acceptors (Lipinski definition) is 4. The highest BCUT2D eigenvalue weighted by Gasteiger charge is 2.45. The van der Waals surface area contributed by atoms with Gasteiger partial charge in [-0.05, 0) is 63.8 Å². The molecule has 2 aliphatic heterocycles. The summed E-state index contributed by atoms with van der Waals surface area (Å²) in [7, 11) is 0. The molecule has 0 radical (unpaired) electrons. The molecular weight excluding hydrogens is 258 g/mol. The van der Waals surface area contributed by atoms with E-state index >= 15 is 0 Å². The molecule has 3 nitrogen and oxygen atoms in total. The molecule has 0 aromatic carbocycles. The molecule has 4 heteroatoms. The molecule has 112 valence electrons. The summed E-state index contributed by atoms with van der Waals surface area (Å²) in [5.41, 5.74) is -0.473. The highest BCUT2D eigenvalue weighted by molar-refractivity contribution is 7.99. The fourth-order valence-corrected chi connectivity index (χ4v) is 4.65. The van der Waals surface area contributed by atoms with E-state index in [0.717, 1.165) is 51.1 Å². The number of rotatable bonds is 6. The molecule has 0 saturated carbocycles. The zero-order valence-electron chi connectivity index (χ0n) is 12.4. The molecule has 0 bridgehead atoms. The highest BCUT2D eigenvalue weighted by atomic mass is 32.2. The van der Waals surface area contributed by atoms with Crippen molar-refractivity contribution in [2.24, 2.45) is 5.92 Å². The first-order valence-corrected chi connectivity index (χ1v) is 8.88. The smallest absolute Gasteiger partial charge is 0.0784 e. The Morgan fingerprint density at radius 2 is 2.32 bits per heavy atom. The lowest BCUT2D eigenvalue weighted by molar-refractivity contribution is -0.128. The number of nitrogens with one attached hydrogen (secondary N) is 1. The summed E-state index contributed by atoms with van der Waals surface area (Å²) < 4.78 is 6.05. The Labute approximate surface area is 121 Å². The van der Waals surface area contributed by atoms with E-state index in [2.05, 4.69) is 12.2 Å². The molecule has 19 heavy (non-hydrogen) atoms. The average molecular weight is 287 g/mol. The quantitative estimate of drug-likeness (QED) is 0.736. The van der Waals surface area contributed by atoms with Crippen molar-refractivity contribution in [3.63, 3.8) is 0 Å². The minimum atomic E-state index is -0.551. The summed E-state index contributed by atoms with van der Waals surface area (Å²) in [5, 5.41) is 14.2. The highest BCUT2D eigenvalue weighted by Crippen LogP contribution is 2.44. The van der Waals surface area contributed by atoms with Gasteiger partial charge < -0.3 is 15.2 Å². The van der Waals surface area contributed by atoms with Gasteiger partial charge in [-0.25, -0.2) is 0 Å². The molecule has 3 unspecified atom stereocenters. The SMILES string of the molecule is CCCNCCC(C)(O)C1CCOC2(CCSC2)C1. The van der Waals surface area contributed by atoms with Crippen molar-refractivity contribution < 1.29 is 9.84 Å². The van der Waals surface area contributed by atoms with E-state index in [-0.39, 0.29) is 5.60 Å². The van der Waals surface area contributed by atoms with Gasteiger partial charge in [0, 0.05) is 12.4 Å². The lowest BCUT2D eigenvalue weighted by atomic mass is 9.75. The Kier molecular flexibility index (Phi) is 5.58. The van der Waals surface area contributed by atoms with Crippen molar-refractivity contribution in [3.05, 3.63) is 0 Å². The normalized spacial score (nSPS) is 34.6. The second-order valence-corrected chi connectivity index (χ2v) is 7.49. The van der Waals surface area contributed by atoms with Crippen LogP contribution in [0.4, 0.5) is 0 Å². The van der Waals surface area contributed by atoms with Crippen LogP contribution < -0.4 is 5.32 Å². The van der Waals surface area contributed by atoms with Crippen LogP contribution in [0.25, 0.3) is 0 Å². The zero-order chi connectivity index (χ0) is 13.8. The van der Waals surface area contributed by atoms with E-state index < -0.39 is 5.60 Å². The van der Waals surface area contributed by atoms with Crippen molar-refractivity contribution in [1.82, 2.24) is 5.32 Å². The molecule has 0 aliphatic carbocycles. The fraction of sp³-hybridized carbons (Fsp3) is 1.00. The molecule has 0 aromatic heterocycles. The van der Waals surface area contributed by atoms with Crippen molar-refractivity contribution in [1.29, 1.82) is 0 Å². The molecule has 1 spiro atoms.